The fourth-order valence-electron chi connectivity index (χ4n) is 3.00. The number of hydrogen-bond donors (Lipinski definition) is 0. The van der Waals surface area contributed by atoms with Crippen molar-refractivity contribution in [3.05, 3.63) is 71.8 Å². The van der Waals surface area contributed by atoms with Gasteiger partial charge >= 0.3 is 0 Å². The molecular weight excluding hydrogens is 314 g/mol. The molecule has 0 aliphatic carbocycles. The lowest BCUT2D eigenvalue weighted by atomic mass is 10.1. The van der Waals surface area contributed by atoms with Crippen LogP contribution in [0.2, 0.25) is 0 Å². The summed E-state index contributed by atoms with van der Waals surface area (Å²) < 4.78 is 17.9. The molecule has 0 bridgehead atoms. The van der Waals surface area contributed by atoms with Gasteiger partial charge in [0.25, 0.3) is 0 Å². The highest BCUT2D eigenvalue weighted by Crippen LogP contribution is 2.26. The highest BCUT2D eigenvalue weighted by atomic mass is 16.6. The van der Waals surface area contributed by atoms with Crippen LogP contribution in [0.25, 0.3) is 0 Å². The van der Waals surface area contributed by atoms with Crippen molar-refractivity contribution in [2.24, 2.45) is 0 Å². The van der Waals surface area contributed by atoms with Crippen molar-refractivity contribution in [3.63, 3.8) is 0 Å². The molecule has 0 amide bonds. The Labute approximate surface area is 149 Å². The van der Waals surface area contributed by atoms with E-state index in [2.05, 4.69) is 6.07 Å². The van der Waals surface area contributed by atoms with Crippen LogP contribution in [-0.4, -0.2) is 24.9 Å². The van der Waals surface area contributed by atoms with Crippen LogP contribution in [0, 0.1) is 11.3 Å². The lowest BCUT2D eigenvalue weighted by molar-refractivity contribution is -0.0703. The second-order valence-corrected chi connectivity index (χ2v) is 6.23. The van der Waals surface area contributed by atoms with Crippen LogP contribution in [0.4, 0.5) is 0 Å². The van der Waals surface area contributed by atoms with E-state index < -0.39 is 0 Å². The van der Waals surface area contributed by atoms with Crippen molar-refractivity contribution in [2.75, 3.05) is 6.61 Å². The maximum Gasteiger partial charge on any atom is 0.107 e. The first-order chi connectivity index (χ1) is 12.3. The Balaban J connectivity index is 1.51. The smallest absolute Gasteiger partial charge is 0.107 e. The molecule has 1 saturated heterocycles. The zero-order chi connectivity index (χ0) is 17.3. The van der Waals surface area contributed by atoms with E-state index in [1.807, 2.05) is 60.7 Å². The minimum atomic E-state index is -0.134. The molecule has 0 N–H and O–H groups in total. The summed E-state index contributed by atoms with van der Waals surface area (Å²) in [6.45, 7) is 1.56. The summed E-state index contributed by atoms with van der Waals surface area (Å²) in [6, 6.07) is 22.3. The highest BCUT2D eigenvalue weighted by Gasteiger charge is 2.36. The third-order valence-electron chi connectivity index (χ3n) is 4.30. The first kappa shape index (κ1) is 17.6. The Bertz CT molecular complexity index is 669. The average molecular weight is 337 g/mol. The number of hydrogen-bond acceptors (Lipinski definition) is 4. The molecule has 1 aliphatic rings. The molecule has 25 heavy (non-hydrogen) atoms. The molecule has 1 fully saturated rings. The predicted octanol–water partition coefficient (Wildman–Crippen LogP) is 3.86. The molecule has 3 rings (SSSR count). The Kier molecular flexibility index (Phi) is 6.58. The zero-order valence-electron chi connectivity index (χ0n) is 14.2. The second kappa shape index (κ2) is 9.33. The number of rotatable bonds is 8. The molecule has 0 aromatic heterocycles. The van der Waals surface area contributed by atoms with E-state index in [0.717, 1.165) is 17.5 Å². The van der Waals surface area contributed by atoms with Gasteiger partial charge in [-0.15, -0.1) is 0 Å². The molecule has 130 valence electrons. The van der Waals surface area contributed by atoms with Crippen LogP contribution in [0.5, 0.6) is 0 Å². The van der Waals surface area contributed by atoms with Crippen LogP contribution >= 0.6 is 0 Å². The van der Waals surface area contributed by atoms with E-state index in [-0.39, 0.29) is 18.3 Å². The summed E-state index contributed by atoms with van der Waals surface area (Å²) in [5.41, 5.74) is 2.27. The first-order valence-corrected chi connectivity index (χ1v) is 8.65. The van der Waals surface area contributed by atoms with E-state index in [0.29, 0.717) is 26.2 Å². The second-order valence-electron chi connectivity index (χ2n) is 6.23. The average Bonchev–Trinajstić information content (AvgIpc) is 3.04. The molecule has 1 unspecified atom stereocenters. The summed E-state index contributed by atoms with van der Waals surface area (Å²) in [5, 5.41) is 8.93. The highest BCUT2D eigenvalue weighted by molar-refractivity contribution is 5.14. The number of nitriles is 1. The molecule has 2 aromatic carbocycles. The van der Waals surface area contributed by atoms with Gasteiger partial charge in [0, 0.05) is 6.42 Å². The van der Waals surface area contributed by atoms with Gasteiger partial charge in [0.15, 0.2) is 0 Å². The Morgan fingerprint density at radius 2 is 1.60 bits per heavy atom. The third-order valence-corrected chi connectivity index (χ3v) is 4.30. The van der Waals surface area contributed by atoms with Crippen molar-refractivity contribution in [1.82, 2.24) is 0 Å². The molecule has 1 heterocycles. The molecule has 4 heteroatoms. The minimum Gasteiger partial charge on any atom is -0.374 e. The maximum atomic E-state index is 8.93. The Hall–Kier alpha value is -2.19. The molecule has 0 saturated carbocycles. The summed E-state index contributed by atoms with van der Waals surface area (Å²) in [6.07, 6.45) is 0.872. The summed E-state index contributed by atoms with van der Waals surface area (Å²) in [7, 11) is 0. The summed E-state index contributed by atoms with van der Waals surface area (Å²) >= 11 is 0. The largest absolute Gasteiger partial charge is 0.374 e. The molecule has 0 radical (unpaired) electrons. The van der Waals surface area contributed by atoms with Gasteiger partial charge < -0.3 is 14.2 Å². The number of ether oxygens (including phenoxy) is 3. The topological polar surface area (TPSA) is 51.5 Å². The van der Waals surface area contributed by atoms with Crippen LogP contribution in [-0.2, 0) is 27.4 Å². The number of benzene rings is 2. The van der Waals surface area contributed by atoms with Gasteiger partial charge in [0.05, 0.1) is 44.5 Å². The van der Waals surface area contributed by atoms with Crippen molar-refractivity contribution in [2.45, 2.75) is 44.4 Å². The van der Waals surface area contributed by atoms with Crippen molar-refractivity contribution in [3.8, 4) is 6.07 Å². The van der Waals surface area contributed by atoms with Gasteiger partial charge in [-0.05, 0) is 11.1 Å². The van der Waals surface area contributed by atoms with E-state index in [4.69, 9.17) is 19.5 Å². The van der Waals surface area contributed by atoms with Gasteiger partial charge in [0.1, 0.15) is 6.10 Å². The standard InChI is InChI=1S/C21H23NO3/c22-12-11-19-13-20(24-15-18-9-5-2-6-10-18)21(25-19)16-23-14-17-7-3-1-4-8-17/h1-10,19-21H,11,13-16H2/t19?,20-,21+/m0/s1. The summed E-state index contributed by atoms with van der Waals surface area (Å²) in [5.74, 6) is 0. The lowest BCUT2D eigenvalue weighted by Gasteiger charge is -2.19. The molecular formula is C21H23NO3. The molecule has 3 atom stereocenters. The van der Waals surface area contributed by atoms with E-state index in [1.165, 1.54) is 0 Å². The zero-order valence-corrected chi connectivity index (χ0v) is 14.2. The lowest BCUT2D eigenvalue weighted by Crippen LogP contribution is -2.29. The van der Waals surface area contributed by atoms with Crippen LogP contribution < -0.4 is 0 Å². The Morgan fingerprint density at radius 3 is 2.24 bits per heavy atom. The van der Waals surface area contributed by atoms with Crippen molar-refractivity contribution < 1.29 is 14.2 Å². The summed E-state index contributed by atoms with van der Waals surface area (Å²) in [4.78, 5) is 0. The van der Waals surface area contributed by atoms with E-state index >= 15 is 0 Å². The third kappa shape index (κ3) is 5.40. The fraction of sp³-hybridized carbons (Fsp3) is 0.381. The van der Waals surface area contributed by atoms with Crippen LogP contribution in [0.1, 0.15) is 24.0 Å². The van der Waals surface area contributed by atoms with Gasteiger partial charge in [-0.1, -0.05) is 60.7 Å². The SMILES string of the molecule is N#CCC1C[C@H](OCc2ccccc2)[C@@H](COCc2ccccc2)O1. The Morgan fingerprint density at radius 1 is 0.960 bits per heavy atom. The van der Waals surface area contributed by atoms with Crippen molar-refractivity contribution in [1.29, 1.82) is 5.26 Å². The van der Waals surface area contributed by atoms with Gasteiger partial charge in [0.2, 0.25) is 0 Å². The van der Waals surface area contributed by atoms with Crippen LogP contribution in [0.3, 0.4) is 0 Å². The van der Waals surface area contributed by atoms with E-state index in [9.17, 15) is 0 Å². The van der Waals surface area contributed by atoms with Gasteiger partial charge in [-0.25, -0.2) is 0 Å². The quantitative estimate of drug-likeness (QED) is 0.734. The molecule has 1 aliphatic heterocycles. The molecule has 2 aromatic rings. The maximum absolute atomic E-state index is 8.93. The van der Waals surface area contributed by atoms with Gasteiger partial charge in [-0.3, -0.25) is 0 Å². The normalized spacial score (nSPS) is 22.6. The van der Waals surface area contributed by atoms with Crippen molar-refractivity contribution >= 4 is 0 Å². The monoisotopic (exact) mass is 337 g/mol. The van der Waals surface area contributed by atoms with Gasteiger partial charge in [-0.2, -0.15) is 5.26 Å². The molecule has 4 nitrogen and oxygen atoms in total. The number of nitrogens with zero attached hydrogens (tertiary/aromatic N) is 1. The van der Waals surface area contributed by atoms with E-state index in [1.54, 1.807) is 0 Å². The van der Waals surface area contributed by atoms with Crippen LogP contribution in [0.15, 0.2) is 60.7 Å². The first-order valence-electron chi connectivity index (χ1n) is 8.65. The molecule has 0 spiro atoms. The fourth-order valence-corrected chi connectivity index (χ4v) is 3.00. The predicted molar refractivity (Wildman–Crippen MR) is 94.6 cm³/mol. The minimum absolute atomic E-state index is 0.0469.